The van der Waals surface area contributed by atoms with Crippen LogP contribution in [-0.2, 0) is 11.3 Å². The van der Waals surface area contributed by atoms with Gasteiger partial charge in [-0.25, -0.2) is 4.99 Å². The highest BCUT2D eigenvalue weighted by Crippen LogP contribution is 2.33. The molecule has 0 aliphatic carbocycles. The van der Waals surface area contributed by atoms with Crippen molar-refractivity contribution in [3.8, 4) is 11.5 Å². The number of para-hydroxylation sites is 1. The van der Waals surface area contributed by atoms with Crippen molar-refractivity contribution in [3.05, 3.63) is 23.8 Å². The summed E-state index contributed by atoms with van der Waals surface area (Å²) in [6.07, 6.45) is 1.98. The lowest BCUT2D eigenvalue weighted by atomic mass is 10.2. The molecule has 1 aromatic carbocycles. The molecule has 28 heavy (non-hydrogen) atoms. The van der Waals surface area contributed by atoms with Crippen molar-refractivity contribution in [2.45, 2.75) is 20.1 Å². The number of rotatable bonds is 11. The maximum Gasteiger partial charge on any atom is 0.387 e. The van der Waals surface area contributed by atoms with Crippen molar-refractivity contribution in [3.63, 3.8) is 0 Å². The maximum absolute atomic E-state index is 12.8. The number of carbonyl (C=O) groups is 1. The number of amides is 1. The summed E-state index contributed by atoms with van der Waals surface area (Å²) in [6, 6.07) is 4.91. The smallest absolute Gasteiger partial charge is 0.387 e. The predicted octanol–water partition coefficient (Wildman–Crippen LogP) is 2.17. The summed E-state index contributed by atoms with van der Waals surface area (Å²) < 4.78 is 35.7. The topological polar surface area (TPSA) is 75.2 Å². The zero-order chi connectivity index (χ0) is 20.9. The molecule has 10 heteroatoms. The van der Waals surface area contributed by atoms with E-state index in [0.717, 1.165) is 5.75 Å². The highest BCUT2D eigenvalue weighted by molar-refractivity contribution is 7.98. The molecule has 1 aromatic rings. The minimum absolute atomic E-state index is 0.0315. The molecule has 0 saturated carbocycles. The number of hydrogen-bond donors (Lipinski definition) is 2. The minimum Gasteiger partial charge on any atom is -0.490 e. The maximum atomic E-state index is 12.8. The van der Waals surface area contributed by atoms with Crippen LogP contribution in [0.2, 0.25) is 0 Å². The Hall–Kier alpha value is -2.23. The minimum atomic E-state index is -2.97. The van der Waals surface area contributed by atoms with Crippen LogP contribution in [0.1, 0.15) is 12.5 Å². The van der Waals surface area contributed by atoms with E-state index in [0.29, 0.717) is 24.7 Å². The van der Waals surface area contributed by atoms with E-state index in [1.807, 2.05) is 6.26 Å². The number of hydrogen-bond acceptors (Lipinski definition) is 5. The molecular weight excluding hydrogens is 390 g/mol. The van der Waals surface area contributed by atoms with Crippen molar-refractivity contribution < 1.29 is 23.0 Å². The lowest BCUT2D eigenvalue weighted by Gasteiger charge is -2.16. The van der Waals surface area contributed by atoms with Crippen molar-refractivity contribution in [1.82, 2.24) is 15.5 Å². The van der Waals surface area contributed by atoms with E-state index in [1.165, 1.54) is 4.90 Å². The number of guanidine groups is 1. The summed E-state index contributed by atoms with van der Waals surface area (Å²) in [5.74, 6) is 1.36. The highest BCUT2D eigenvalue weighted by atomic mass is 32.2. The van der Waals surface area contributed by atoms with E-state index in [9.17, 15) is 13.6 Å². The number of ether oxygens (including phenoxy) is 2. The SMILES string of the molecule is CCOc1cccc(CN=C(NCCSC)NCC(=O)N(C)C)c1OC(F)F. The van der Waals surface area contributed by atoms with Crippen LogP contribution < -0.4 is 20.1 Å². The average molecular weight is 419 g/mol. The number of carbonyl (C=O) groups excluding carboxylic acids is 1. The summed E-state index contributed by atoms with van der Waals surface area (Å²) >= 11 is 1.66. The number of nitrogens with one attached hydrogen (secondary N) is 2. The largest absolute Gasteiger partial charge is 0.490 e. The van der Waals surface area contributed by atoms with Gasteiger partial charge in [0.15, 0.2) is 17.5 Å². The Kier molecular flexibility index (Phi) is 11.1. The summed E-state index contributed by atoms with van der Waals surface area (Å²) in [6.45, 7) is -0.106. The summed E-state index contributed by atoms with van der Waals surface area (Å²) in [5.41, 5.74) is 0.455. The molecule has 0 unspecified atom stereocenters. The first-order valence-electron chi connectivity index (χ1n) is 8.79. The second kappa shape index (κ2) is 13.0. The van der Waals surface area contributed by atoms with Crippen LogP contribution in [0.25, 0.3) is 0 Å². The van der Waals surface area contributed by atoms with Gasteiger partial charge < -0.3 is 25.0 Å². The van der Waals surface area contributed by atoms with E-state index < -0.39 is 6.61 Å². The van der Waals surface area contributed by atoms with Crippen LogP contribution in [0.4, 0.5) is 8.78 Å². The van der Waals surface area contributed by atoms with Crippen molar-refractivity contribution >= 4 is 23.6 Å². The van der Waals surface area contributed by atoms with Gasteiger partial charge in [-0.2, -0.15) is 20.5 Å². The average Bonchev–Trinajstić information content (AvgIpc) is 2.65. The predicted molar refractivity (Wildman–Crippen MR) is 108 cm³/mol. The Morgan fingerprint density at radius 2 is 2.07 bits per heavy atom. The monoisotopic (exact) mass is 418 g/mol. The molecule has 0 bridgehead atoms. The summed E-state index contributed by atoms with van der Waals surface area (Å²) in [7, 11) is 3.32. The molecule has 0 aliphatic rings. The number of likely N-dealkylation sites (N-methyl/N-ethyl adjacent to an activating group) is 1. The first kappa shape index (κ1) is 23.8. The van der Waals surface area contributed by atoms with E-state index in [-0.39, 0.29) is 30.5 Å². The Bertz CT molecular complexity index is 645. The molecule has 158 valence electrons. The van der Waals surface area contributed by atoms with Crippen LogP contribution in [0.5, 0.6) is 11.5 Å². The van der Waals surface area contributed by atoms with Crippen molar-refractivity contribution in [1.29, 1.82) is 0 Å². The van der Waals surface area contributed by atoms with Gasteiger partial charge in [-0.15, -0.1) is 0 Å². The summed E-state index contributed by atoms with van der Waals surface area (Å²) in [5, 5.41) is 6.06. The van der Waals surface area contributed by atoms with Crippen LogP contribution in [-0.4, -0.2) is 69.2 Å². The molecule has 0 heterocycles. The molecule has 0 fully saturated rings. The molecule has 0 radical (unpaired) electrons. The van der Waals surface area contributed by atoms with E-state index in [2.05, 4.69) is 20.4 Å². The quantitative estimate of drug-likeness (QED) is 0.326. The molecule has 1 amide bonds. The normalized spacial score (nSPS) is 11.3. The van der Waals surface area contributed by atoms with Crippen LogP contribution in [0, 0.1) is 0 Å². The van der Waals surface area contributed by atoms with Gasteiger partial charge in [-0.3, -0.25) is 4.79 Å². The van der Waals surface area contributed by atoms with Gasteiger partial charge >= 0.3 is 6.61 Å². The van der Waals surface area contributed by atoms with Gasteiger partial charge in [-0.1, -0.05) is 12.1 Å². The molecule has 0 saturated heterocycles. The zero-order valence-electron chi connectivity index (χ0n) is 16.6. The van der Waals surface area contributed by atoms with Crippen LogP contribution in [0.15, 0.2) is 23.2 Å². The fourth-order valence-electron chi connectivity index (χ4n) is 2.11. The Morgan fingerprint density at radius 3 is 2.68 bits per heavy atom. The van der Waals surface area contributed by atoms with Crippen molar-refractivity contribution in [2.24, 2.45) is 4.99 Å². The Balaban J connectivity index is 2.98. The lowest BCUT2D eigenvalue weighted by molar-refractivity contribution is -0.127. The first-order chi connectivity index (χ1) is 13.4. The van der Waals surface area contributed by atoms with Crippen molar-refractivity contribution in [2.75, 3.05) is 45.8 Å². The number of aliphatic imine (C=N–C) groups is 1. The molecule has 1 rings (SSSR count). The zero-order valence-corrected chi connectivity index (χ0v) is 17.4. The molecule has 0 atom stereocenters. The highest BCUT2D eigenvalue weighted by Gasteiger charge is 2.16. The molecular formula is C18H28F2N4O3S. The Morgan fingerprint density at radius 1 is 1.32 bits per heavy atom. The van der Waals surface area contributed by atoms with E-state index in [1.54, 1.807) is 51.0 Å². The van der Waals surface area contributed by atoms with Crippen LogP contribution >= 0.6 is 11.8 Å². The number of thioether (sulfide) groups is 1. The molecule has 0 spiro atoms. The first-order valence-corrected chi connectivity index (χ1v) is 10.2. The lowest BCUT2D eigenvalue weighted by Crippen LogP contribution is -2.43. The van der Waals surface area contributed by atoms with Gasteiger partial charge in [0.25, 0.3) is 0 Å². The summed E-state index contributed by atoms with van der Waals surface area (Å²) in [4.78, 5) is 17.7. The fraction of sp³-hybridized carbons (Fsp3) is 0.556. The van der Waals surface area contributed by atoms with Gasteiger partial charge in [0, 0.05) is 32.0 Å². The number of benzene rings is 1. The van der Waals surface area contributed by atoms with Crippen LogP contribution in [0.3, 0.4) is 0 Å². The second-order valence-electron chi connectivity index (χ2n) is 5.78. The van der Waals surface area contributed by atoms with E-state index >= 15 is 0 Å². The standard InChI is InChI=1S/C18H28F2N4O3S/c1-5-26-14-8-6-7-13(16(14)27-17(19)20)11-22-18(21-9-10-28-4)23-12-15(25)24(2)3/h6-8,17H,5,9-12H2,1-4H3,(H2,21,22,23). The molecule has 2 N–H and O–H groups in total. The third kappa shape index (κ3) is 8.64. The van der Waals surface area contributed by atoms with Gasteiger partial charge in [0.05, 0.1) is 19.7 Å². The van der Waals surface area contributed by atoms with Gasteiger partial charge in [0.2, 0.25) is 5.91 Å². The Labute approximate surface area is 168 Å². The number of nitrogens with zero attached hydrogens (tertiary/aromatic N) is 2. The van der Waals surface area contributed by atoms with Gasteiger partial charge in [-0.05, 0) is 19.2 Å². The molecule has 7 nitrogen and oxygen atoms in total. The number of alkyl halides is 2. The second-order valence-corrected chi connectivity index (χ2v) is 6.77. The molecule has 0 aliphatic heterocycles. The third-order valence-corrected chi connectivity index (χ3v) is 4.09. The van der Waals surface area contributed by atoms with Gasteiger partial charge in [0.1, 0.15) is 0 Å². The third-order valence-electron chi connectivity index (χ3n) is 3.48. The molecule has 0 aromatic heterocycles. The van der Waals surface area contributed by atoms with E-state index in [4.69, 9.17) is 4.74 Å². The number of halogens is 2. The fourth-order valence-corrected chi connectivity index (χ4v) is 2.41.